The fourth-order valence-electron chi connectivity index (χ4n) is 7.98. The largest absolute Gasteiger partial charge is 0.377 e. The van der Waals surface area contributed by atoms with E-state index in [1.165, 1.54) is 43.5 Å². The Hall–Kier alpha value is -2.12. The Labute approximate surface area is 229 Å². The molecule has 4 aliphatic rings. The van der Waals surface area contributed by atoms with Crippen LogP contribution >= 0.6 is 0 Å². The van der Waals surface area contributed by atoms with Gasteiger partial charge in [0.2, 0.25) is 5.91 Å². The van der Waals surface area contributed by atoms with Gasteiger partial charge in [-0.15, -0.1) is 4.83 Å². The molecular weight excluding hydrogens is 494 g/mol. The molecule has 0 unspecified atom stereocenters. The number of sulfonamides is 1. The quantitative estimate of drug-likeness (QED) is 0.247. The van der Waals surface area contributed by atoms with Gasteiger partial charge in [-0.2, -0.15) is 0 Å². The van der Waals surface area contributed by atoms with E-state index in [4.69, 9.17) is 0 Å². The van der Waals surface area contributed by atoms with Gasteiger partial charge in [0.15, 0.2) is 0 Å². The predicted octanol–water partition coefficient (Wildman–Crippen LogP) is 6.50. The molecule has 4 aliphatic carbocycles. The topological polar surface area (TPSA) is 69.7 Å². The third-order valence-corrected chi connectivity index (χ3v) is 10.7. The fourth-order valence-corrected chi connectivity index (χ4v) is 9.27. The number of hydrogen-bond acceptors (Lipinski definition) is 4. The van der Waals surface area contributed by atoms with Gasteiger partial charge in [0.1, 0.15) is 0 Å². The van der Waals surface area contributed by atoms with Crippen molar-refractivity contribution >= 4 is 32.4 Å². The number of benzene rings is 2. The van der Waals surface area contributed by atoms with Crippen molar-refractivity contribution in [1.82, 2.24) is 9.84 Å². The van der Waals surface area contributed by atoms with Crippen LogP contribution in [0.1, 0.15) is 84.0 Å². The first-order valence-corrected chi connectivity index (χ1v) is 16.2. The summed E-state index contributed by atoms with van der Waals surface area (Å²) in [5.74, 6) is 1.89. The first kappa shape index (κ1) is 27.4. The van der Waals surface area contributed by atoms with Crippen LogP contribution in [0.2, 0.25) is 0 Å². The minimum absolute atomic E-state index is 0.0166. The molecule has 1 amide bonds. The molecule has 6 rings (SSSR count). The van der Waals surface area contributed by atoms with E-state index in [-0.39, 0.29) is 10.8 Å². The van der Waals surface area contributed by atoms with Crippen LogP contribution in [0.3, 0.4) is 0 Å². The molecule has 2 aromatic carbocycles. The molecule has 0 heterocycles. The SMILES string of the molecule is CCCCCCCCN(NS(=O)(=O)c1cccc2c(N(C)C)cccc12)C(=O)C12CC3CC(CC(C3)C1)C2. The van der Waals surface area contributed by atoms with Crippen LogP contribution in [0.5, 0.6) is 0 Å². The third kappa shape index (κ3) is 5.46. The van der Waals surface area contributed by atoms with Gasteiger partial charge in [0.05, 0.1) is 10.3 Å². The summed E-state index contributed by atoms with van der Waals surface area (Å²) in [6, 6.07) is 11.2. The normalized spacial score (nSPS) is 26.1. The molecule has 0 spiro atoms. The van der Waals surface area contributed by atoms with Crippen molar-refractivity contribution in [2.75, 3.05) is 25.5 Å². The maximum Gasteiger partial charge on any atom is 0.258 e. The predicted molar refractivity (Wildman–Crippen MR) is 154 cm³/mol. The highest BCUT2D eigenvalue weighted by Gasteiger charge is 2.56. The number of fused-ring (bicyclic) bond motifs is 1. The molecule has 2 aromatic rings. The van der Waals surface area contributed by atoms with Gasteiger partial charge in [-0.05, 0) is 74.8 Å². The maximum atomic E-state index is 14.3. The highest BCUT2D eigenvalue weighted by Crippen LogP contribution is 2.60. The number of rotatable bonds is 12. The van der Waals surface area contributed by atoms with Gasteiger partial charge >= 0.3 is 0 Å². The average Bonchev–Trinajstić information content (AvgIpc) is 2.88. The first-order valence-electron chi connectivity index (χ1n) is 14.8. The van der Waals surface area contributed by atoms with Crippen LogP contribution in [-0.2, 0) is 14.8 Å². The molecule has 7 heteroatoms. The molecule has 1 N–H and O–H groups in total. The zero-order chi connectivity index (χ0) is 26.9. The number of hydrazine groups is 1. The number of anilines is 1. The molecule has 4 fully saturated rings. The summed E-state index contributed by atoms with van der Waals surface area (Å²) >= 11 is 0. The van der Waals surface area contributed by atoms with E-state index in [0.717, 1.165) is 49.6 Å². The summed E-state index contributed by atoms with van der Waals surface area (Å²) in [5, 5.41) is 3.07. The minimum atomic E-state index is -3.96. The van der Waals surface area contributed by atoms with Crippen molar-refractivity contribution in [2.45, 2.75) is 88.9 Å². The molecule has 38 heavy (non-hydrogen) atoms. The van der Waals surface area contributed by atoms with Crippen molar-refractivity contribution in [3.63, 3.8) is 0 Å². The molecule has 4 saturated carbocycles. The van der Waals surface area contributed by atoms with E-state index >= 15 is 0 Å². The van der Waals surface area contributed by atoms with E-state index in [1.807, 2.05) is 43.3 Å². The number of nitrogens with zero attached hydrogens (tertiary/aromatic N) is 2. The lowest BCUT2D eigenvalue weighted by molar-refractivity contribution is -0.159. The summed E-state index contributed by atoms with van der Waals surface area (Å²) in [6.45, 7) is 2.63. The molecule has 0 radical (unpaired) electrons. The van der Waals surface area contributed by atoms with Crippen molar-refractivity contribution in [2.24, 2.45) is 23.2 Å². The van der Waals surface area contributed by atoms with Crippen LogP contribution in [0, 0.1) is 23.2 Å². The Kier molecular flexibility index (Phi) is 8.07. The lowest BCUT2D eigenvalue weighted by Crippen LogP contribution is -2.58. The van der Waals surface area contributed by atoms with E-state index in [0.29, 0.717) is 29.7 Å². The number of nitrogens with one attached hydrogen (secondary N) is 1. The van der Waals surface area contributed by atoms with Gasteiger partial charge in [0, 0.05) is 37.1 Å². The highest BCUT2D eigenvalue weighted by atomic mass is 32.2. The number of amides is 1. The molecule has 0 aliphatic heterocycles. The monoisotopic (exact) mass is 539 g/mol. The summed E-state index contributed by atoms with van der Waals surface area (Å²) in [4.78, 5) is 19.3. The summed E-state index contributed by atoms with van der Waals surface area (Å²) in [6.07, 6.45) is 13.1. The minimum Gasteiger partial charge on any atom is -0.377 e. The van der Waals surface area contributed by atoms with Gasteiger partial charge in [-0.25, -0.2) is 8.42 Å². The Morgan fingerprint density at radius 1 is 0.868 bits per heavy atom. The Bertz CT molecular complexity index is 1220. The van der Waals surface area contributed by atoms with Gasteiger partial charge < -0.3 is 4.90 Å². The standard InChI is InChI=1S/C31H45N3O3S/c1-4-5-6-7-8-9-16-34(30(35)31-20-23-17-24(21-31)19-25(18-23)22-31)32-38(36,37)29-15-11-12-26-27(29)13-10-14-28(26)33(2)3/h10-15,23-25,32H,4-9,16-22H2,1-3H3. The summed E-state index contributed by atoms with van der Waals surface area (Å²) in [5.41, 5.74) is 0.573. The van der Waals surface area contributed by atoms with E-state index in [1.54, 1.807) is 12.1 Å². The van der Waals surface area contributed by atoms with E-state index in [9.17, 15) is 13.2 Å². The Morgan fingerprint density at radius 3 is 2.08 bits per heavy atom. The van der Waals surface area contributed by atoms with Crippen molar-refractivity contribution < 1.29 is 13.2 Å². The van der Waals surface area contributed by atoms with E-state index in [2.05, 4.69) is 11.8 Å². The third-order valence-electron chi connectivity index (χ3n) is 9.33. The Morgan fingerprint density at radius 2 is 1.45 bits per heavy atom. The van der Waals surface area contributed by atoms with Gasteiger partial charge in [0.25, 0.3) is 10.0 Å². The highest BCUT2D eigenvalue weighted by molar-refractivity contribution is 7.89. The lowest BCUT2D eigenvalue weighted by atomic mass is 9.49. The summed E-state index contributed by atoms with van der Waals surface area (Å²) in [7, 11) is -0.0420. The second kappa shape index (κ2) is 11.2. The zero-order valence-electron chi connectivity index (χ0n) is 23.4. The molecule has 4 bridgehead atoms. The lowest BCUT2D eigenvalue weighted by Gasteiger charge is -2.56. The number of hydrogen-bond donors (Lipinski definition) is 1. The van der Waals surface area contributed by atoms with Crippen LogP contribution < -0.4 is 9.73 Å². The van der Waals surface area contributed by atoms with Crippen LogP contribution in [0.25, 0.3) is 10.8 Å². The smallest absolute Gasteiger partial charge is 0.258 e. The van der Waals surface area contributed by atoms with Gasteiger partial charge in [-0.1, -0.05) is 63.3 Å². The second-order valence-electron chi connectivity index (χ2n) is 12.5. The molecule has 0 atom stereocenters. The summed E-state index contributed by atoms with van der Waals surface area (Å²) < 4.78 is 27.8. The molecule has 6 nitrogen and oxygen atoms in total. The van der Waals surface area contributed by atoms with Crippen molar-refractivity contribution in [1.29, 1.82) is 0 Å². The van der Waals surface area contributed by atoms with Crippen LogP contribution in [0.4, 0.5) is 5.69 Å². The second-order valence-corrected chi connectivity index (χ2v) is 14.2. The van der Waals surface area contributed by atoms with Crippen LogP contribution in [-0.4, -0.2) is 40.0 Å². The van der Waals surface area contributed by atoms with E-state index < -0.39 is 15.4 Å². The van der Waals surface area contributed by atoms with Crippen LogP contribution in [0.15, 0.2) is 41.3 Å². The number of carbonyl (C=O) groups excluding carboxylic acids is 1. The average molecular weight is 540 g/mol. The Balaban J connectivity index is 1.42. The van der Waals surface area contributed by atoms with Gasteiger partial charge in [-0.3, -0.25) is 9.80 Å². The molecule has 0 saturated heterocycles. The van der Waals surface area contributed by atoms with Crippen molar-refractivity contribution in [3.8, 4) is 0 Å². The zero-order valence-corrected chi connectivity index (χ0v) is 24.2. The maximum absolute atomic E-state index is 14.3. The molecular formula is C31H45N3O3S. The molecule has 208 valence electrons. The number of carbonyl (C=O) groups is 1. The molecule has 0 aromatic heterocycles. The first-order chi connectivity index (χ1) is 18.2. The number of unbranched alkanes of at least 4 members (excludes halogenated alkanes) is 5. The fraction of sp³-hybridized carbons (Fsp3) is 0.645. The van der Waals surface area contributed by atoms with Crippen molar-refractivity contribution in [3.05, 3.63) is 36.4 Å².